The van der Waals surface area contributed by atoms with Crippen molar-refractivity contribution in [2.45, 2.75) is 27.7 Å². The fraction of sp³-hybridized carbons (Fsp3) is 0.526. The van der Waals surface area contributed by atoms with E-state index in [2.05, 4.69) is 33.8 Å². The molecule has 130 valence electrons. The molecule has 1 fully saturated rings. The quantitative estimate of drug-likeness (QED) is 0.453. The van der Waals surface area contributed by atoms with Crippen molar-refractivity contribution in [1.82, 2.24) is 0 Å². The molecule has 24 heavy (non-hydrogen) atoms. The summed E-state index contributed by atoms with van der Waals surface area (Å²) in [5, 5.41) is 0. The maximum atomic E-state index is 12.2. The second-order valence-corrected chi connectivity index (χ2v) is 7.10. The third kappa shape index (κ3) is 3.35. The fourth-order valence-electron chi connectivity index (χ4n) is 3.16. The minimum absolute atomic E-state index is 0.0213. The number of allylic oxidation sites excluding steroid dienone is 2. The van der Waals surface area contributed by atoms with Crippen molar-refractivity contribution < 1.29 is 23.7 Å². The topological polar surface area (TPSA) is 54.0 Å². The summed E-state index contributed by atoms with van der Waals surface area (Å²) in [5.41, 5.74) is 1.21. The highest BCUT2D eigenvalue weighted by Gasteiger charge is 2.61. The molecule has 1 saturated carbocycles. The fourth-order valence-corrected chi connectivity index (χ4v) is 3.16. The monoisotopic (exact) mass is 332 g/mol. The molecule has 1 aromatic rings. The molecule has 0 bridgehead atoms. The predicted octanol–water partition coefficient (Wildman–Crippen LogP) is 3.58. The van der Waals surface area contributed by atoms with E-state index in [1.165, 1.54) is 5.57 Å². The largest absolute Gasteiger partial charge is 0.490 e. The van der Waals surface area contributed by atoms with Crippen LogP contribution in [-0.2, 0) is 9.53 Å². The Morgan fingerprint density at radius 1 is 1.25 bits per heavy atom. The molecule has 0 N–H and O–H groups in total. The number of hydrogen-bond acceptors (Lipinski definition) is 5. The molecule has 0 radical (unpaired) electrons. The van der Waals surface area contributed by atoms with E-state index in [-0.39, 0.29) is 36.6 Å². The van der Waals surface area contributed by atoms with Gasteiger partial charge in [-0.2, -0.15) is 0 Å². The van der Waals surface area contributed by atoms with E-state index < -0.39 is 0 Å². The van der Waals surface area contributed by atoms with Crippen molar-refractivity contribution in [1.29, 1.82) is 0 Å². The zero-order chi connectivity index (χ0) is 17.3. The first kappa shape index (κ1) is 16.7. The van der Waals surface area contributed by atoms with Crippen molar-refractivity contribution in [2.75, 3.05) is 20.0 Å². The van der Waals surface area contributed by atoms with Crippen LogP contribution in [0.2, 0.25) is 0 Å². The summed E-state index contributed by atoms with van der Waals surface area (Å²) in [4.78, 5) is 12.2. The lowest BCUT2D eigenvalue weighted by Crippen LogP contribution is -2.15. The smallest absolute Gasteiger partial charge is 0.310 e. The summed E-state index contributed by atoms with van der Waals surface area (Å²) in [6, 6.07) is 5.39. The van der Waals surface area contributed by atoms with Gasteiger partial charge < -0.3 is 18.9 Å². The summed E-state index contributed by atoms with van der Waals surface area (Å²) in [7, 11) is 0. The molecular formula is C19H24O5. The number of rotatable bonds is 6. The molecular weight excluding hydrogens is 308 g/mol. The number of fused-ring (bicyclic) bond motifs is 1. The minimum Gasteiger partial charge on any atom is -0.490 e. The maximum Gasteiger partial charge on any atom is 0.310 e. The van der Waals surface area contributed by atoms with E-state index in [1.54, 1.807) is 12.1 Å². The molecule has 0 amide bonds. The van der Waals surface area contributed by atoms with E-state index in [9.17, 15) is 4.79 Å². The first-order chi connectivity index (χ1) is 11.4. The Morgan fingerprint density at radius 2 is 2.00 bits per heavy atom. The number of esters is 1. The van der Waals surface area contributed by atoms with Crippen LogP contribution in [0.15, 0.2) is 29.8 Å². The van der Waals surface area contributed by atoms with Crippen LogP contribution in [0.3, 0.4) is 0 Å². The Kier molecular flexibility index (Phi) is 4.43. The van der Waals surface area contributed by atoms with Crippen LogP contribution in [0, 0.1) is 17.3 Å². The minimum atomic E-state index is -0.142. The lowest BCUT2D eigenvalue weighted by atomic mass is 10.1. The molecule has 0 unspecified atom stereocenters. The average Bonchev–Trinajstić information content (AvgIpc) is 2.87. The summed E-state index contributed by atoms with van der Waals surface area (Å²) < 4.78 is 21.5. The molecule has 3 rings (SSSR count). The van der Waals surface area contributed by atoms with Gasteiger partial charge in [-0.3, -0.25) is 4.79 Å². The molecule has 1 aliphatic heterocycles. The Labute approximate surface area is 142 Å². The Morgan fingerprint density at radius 3 is 2.75 bits per heavy atom. The third-order valence-electron chi connectivity index (χ3n) is 4.62. The lowest BCUT2D eigenvalue weighted by Gasteiger charge is -2.08. The molecule has 0 spiro atoms. The van der Waals surface area contributed by atoms with Gasteiger partial charge >= 0.3 is 5.97 Å². The second-order valence-electron chi connectivity index (χ2n) is 7.10. The van der Waals surface area contributed by atoms with Crippen LogP contribution >= 0.6 is 0 Å². The summed E-state index contributed by atoms with van der Waals surface area (Å²) in [6.45, 7) is 9.10. The molecule has 1 heterocycles. The first-order valence-electron chi connectivity index (χ1n) is 8.23. The Balaban J connectivity index is 1.44. The zero-order valence-corrected chi connectivity index (χ0v) is 14.6. The molecule has 5 heteroatoms. The standard InChI is InChI=1S/C19H24O5/c1-12(2)9-14-17(19(14,3)4)18(20)22-8-7-21-13-5-6-15-16(10-13)24-11-23-15/h5-6,9-10,14,17H,7-8,11H2,1-4H3/t14-,17-/m1/s1. The average molecular weight is 332 g/mol. The predicted molar refractivity (Wildman–Crippen MR) is 89.2 cm³/mol. The molecule has 1 aromatic carbocycles. The first-order valence-corrected chi connectivity index (χ1v) is 8.23. The van der Waals surface area contributed by atoms with Crippen LogP contribution in [0.1, 0.15) is 27.7 Å². The second kappa shape index (κ2) is 6.38. The molecule has 2 atom stereocenters. The number of carbonyl (C=O) groups is 1. The van der Waals surface area contributed by atoms with Crippen molar-refractivity contribution in [3.63, 3.8) is 0 Å². The van der Waals surface area contributed by atoms with Gasteiger partial charge in [0.2, 0.25) is 6.79 Å². The molecule has 2 aliphatic rings. The van der Waals surface area contributed by atoms with Crippen molar-refractivity contribution >= 4 is 5.97 Å². The third-order valence-corrected chi connectivity index (χ3v) is 4.62. The van der Waals surface area contributed by atoms with Gasteiger partial charge in [0.05, 0.1) is 5.92 Å². The molecule has 0 saturated heterocycles. The number of carbonyl (C=O) groups excluding carboxylic acids is 1. The van der Waals surface area contributed by atoms with Crippen LogP contribution in [0.25, 0.3) is 0 Å². The number of ether oxygens (including phenoxy) is 4. The van der Waals surface area contributed by atoms with E-state index in [0.717, 1.165) is 5.75 Å². The lowest BCUT2D eigenvalue weighted by molar-refractivity contribution is -0.146. The normalized spacial score (nSPS) is 22.7. The highest BCUT2D eigenvalue weighted by atomic mass is 16.7. The summed E-state index contributed by atoms with van der Waals surface area (Å²) in [6.07, 6.45) is 2.16. The van der Waals surface area contributed by atoms with Gasteiger partial charge in [-0.15, -0.1) is 0 Å². The number of hydrogen-bond donors (Lipinski definition) is 0. The highest BCUT2D eigenvalue weighted by molar-refractivity contribution is 5.78. The van der Waals surface area contributed by atoms with E-state index >= 15 is 0 Å². The zero-order valence-electron chi connectivity index (χ0n) is 14.6. The van der Waals surface area contributed by atoms with Gasteiger partial charge in [-0.05, 0) is 37.3 Å². The van der Waals surface area contributed by atoms with Gasteiger partial charge in [0.1, 0.15) is 19.0 Å². The molecule has 1 aliphatic carbocycles. The van der Waals surface area contributed by atoms with Crippen molar-refractivity contribution in [3.05, 3.63) is 29.8 Å². The van der Waals surface area contributed by atoms with E-state index in [0.29, 0.717) is 18.1 Å². The maximum absolute atomic E-state index is 12.2. The van der Waals surface area contributed by atoms with Gasteiger partial charge in [-0.25, -0.2) is 0 Å². The Hall–Kier alpha value is -2.17. The van der Waals surface area contributed by atoms with Gasteiger partial charge in [0, 0.05) is 6.07 Å². The SMILES string of the molecule is CC(C)=C[C@@H]1[C@H](C(=O)OCCOc2ccc3c(c2)OCO3)C1(C)C. The van der Waals surface area contributed by atoms with E-state index in [4.69, 9.17) is 18.9 Å². The molecule has 5 nitrogen and oxygen atoms in total. The number of benzene rings is 1. The van der Waals surface area contributed by atoms with Crippen LogP contribution in [0.4, 0.5) is 0 Å². The van der Waals surface area contributed by atoms with Gasteiger partial charge in [0.15, 0.2) is 11.5 Å². The van der Waals surface area contributed by atoms with Gasteiger partial charge in [-0.1, -0.05) is 25.5 Å². The van der Waals surface area contributed by atoms with Crippen molar-refractivity contribution in [3.8, 4) is 17.2 Å². The van der Waals surface area contributed by atoms with Crippen molar-refractivity contribution in [2.24, 2.45) is 17.3 Å². The van der Waals surface area contributed by atoms with Crippen LogP contribution in [-0.4, -0.2) is 26.0 Å². The summed E-state index contributed by atoms with van der Waals surface area (Å²) >= 11 is 0. The van der Waals surface area contributed by atoms with Crippen LogP contribution < -0.4 is 14.2 Å². The van der Waals surface area contributed by atoms with Crippen LogP contribution in [0.5, 0.6) is 17.2 Å². The highest BCUT2D eigenvalue weighted by Crippen LogP contribution is 2.59. The Bertz CT molecular complexity index is 658. The van der Waals surface area contributed by atoms with E-state index in [1.807, 2.05) is 6.07 Å². The summed E-state index contributed by atoms with van der Waals surface area (Å²) in [5.74, 6) is 2.13. The molecule has 0 aromatic heterocycles. The van der Waals surface area contributed by atoms with Gasteiger partial charge in [0.25, 0.3) is 0 Å².